The van der Waals surface area contributed by atoms with Crippen molar-refractivity contribution in [1.82, 2.24) is 16.2 Å². The molecule has 0 heterocycles. The van der Waals surface area contributed by atoms with E-state index in [0.717, 1.165) is 17.5 Å². The minimum Gasteiger partial charge on any atom is -0.542 e. The monoisotopic (exact) mass is 1710 g/mol. The van der Waals surface area contributed by atoms with Gasteiger partial charge in [-0.15, -0.1) is 12.8 Å². The second-order valence-electron chi connectivity index (χ2n) is 28.9. The maximum atomic E-state index is 11.2. The van der Waals surface area contributed by atoms with Gasteiger partial charge in [0.05, 0.1) is 19.6 Å². The van der Waals surface area contributed by atoms with E-state index in [1.807, 2.05) is 158 Å². The van der Waals surface area contributed by atoms with E-state index in [1.165, 1.54) is 6.42 Å². The molecule has 584 valence electrons. The fraction of sp³-hybridized carbons (Fsp3) is 0.797. The molecule has 0 aliphatic carbocycles. The van der Waals surface area contributed by atoms with E-state index < -0.39 is 0 Å². The van der Waals surface area contributed by atoms with Crippen molar-refractivity contribution in [3.8, 4) is 0 Å². The fourth-order valence-corrected chi connectivity index (χ4v) is 4.94. The Kier molecular flexibility index (Phi) is 149. The molecule has 0 aliphatic heterocycles. The molecule has 0 saturated heterocycles. The van der Waals surface area contributed by atoms with E-state index in [2.05, 4.69) is 137 Å². The van der Waals surface area contributed by atoms with E-state index in [4.69, 9.17) is 9.47 Å². The molecule has 3 amide bonds. The number of carbonyl (C=O) groups is 6. The van der Waals surface area contributed by atoms with E-state index >= 15 is 0 Å². The number of hydrogen-bond acceptors (Lipinski definition) is 13. The molecule has 0 aromatic carbocycles. The van der Waals surface area contributed by atoms with E-state index in [1.54, 1.807) is 18.8 Å². The molecule has 0 bridgehead atoms. The van der Waals surface area contributed by atoms with E-state index in [0.29, 0.717) is 149 Å². The molecule has 0 spiro atoms. The minimum absolute atomic E-state index is 0. The van der Waals surface area contributed by atoms with Crippen LogP contribution in [-0.2, 0) is 183 Å². The summed E-state index contributed by atoms with van der Waals surface area (Å²) in [6, 6.07) is 0. The van der Waals surface area contributed by atoms with Crippen molar-refractivity contribution in [2.45, 2.75) is 293 Å². The standard InChI is InChI=1S/C10H20N2O.C10H18NO3.C10H17O3.C9H18N2O.C9H16O2.C7H16.C5H9O.4C4H9.C3H7.4Y/c1-7(2)6-10(13)12-11-9(5)8(3)4;1-9(2)8-10(13)11-4-7-14-6-3-5-12;1-9(2)8-10(12)4-7-13-6-3-5-11;1-7(2)5-9(12)11-10-6-8(3)4;1-6(2)8(10)5-9(11)7(3)4;1-6(2)5-7(3)4;1-5(2)3-4-6;4*1-4(2)3;1-3-2;;;;/h7-8H,6H2,1-5H3,(H,12,13);9H,3-4,6-8H2,1-2H3,(H,11,13);9H,3-4,6-8H2,1-2H3;6-8H,5H2,1-4H3,(H,11,12);6-7H,5H2,1-4H3;6-7H,5H2,1-4H3;5H,3H2,1-2H3;4*4H,1H2,2-3H3;3H,1-2H3;;;;/q;2*-1;;;;6*-1;;;;/b11-9+;;;10-6+;;;;;;;;;;;;. The van der Waals surface area contributed by atoms with Gasteiger partial charge in [0.2, 0.25) is 17.7 Å². The number of ketones is 3. The summed E-state index contributed by atoms with van der Waals surface area (Å²) in [5.74, 6) is 7.20. The van der Waals surface area contributed by atoms with Crippen LogP contribution in [0.25, 0.3) is 0 Å². The summed E-state index contributed by atoms with van der Waals surface area (Å²) in [5.41, 5.74) is 5.98. The molecule has 0 fully saturated rings. The van der Waals surface area contributed by atoms with Gasteiger partial charge >= 0.3 is 0 Å². The van der Waals surface area contributed by atoms with Gasteiger partial charge in [-0.1, -0.05) is 214 Å². The molecule has 0 unspecified atom stereocenters. The Hall–Kier alpha value is 0.106. The van der Waals surface area contributed by atoms with Gasteiger partial charge in [-0.2, -0.15) is 54.1 Å². The second kappa shape index (κ2) is 107. The van der Waals surface area contributed by atoms with Crippen LogP contribution in [0, 0.1) is 123 Å². The summed E-state index contributed by atoms with van der Waals surface area (Å²) in [7, 11) is 0. The number of Topliss-reactive ketones (excluding diaryl/α,β-unsaturated/α-hetero) is 3. The minimum atomic E-state index is -0.0160. The summed E-state index contributed by atoms with van der Waals surface area (Å²) in [6.07, 6.45) is 14.3. The third-order valence-electron chi connectivity index (χ3n) is 9.03. The molecule has 0 rings (SSSR count). The number of ether oxygens (including phenoxy) is 2. The predicted molar refractivity (Wildman–Crippen MR) is 410 cm³/mol. The molecule has 4 radical (unpaired) electrons. The van der Waals surface area contributed by atoms with Crippen LogP contribution in [-0.4, -0.2) is 98.8 Å². The van der Waals surface area contributed by atoms with Gasteiger partial charge in [-0.3, -0.25) is 47.6 Å². The van der Waals surface area contributed by atoms with Crippen molar-refractivity contribution < 1.29 is 183 Å². The first-order valence-corrected chi connectivity index (χ1v) is 35.2. The van der Waals surface area contributed by atoms with Gasteiger partial charge in [0.25, 0.3) is 0 Å². The maximum Gasteiger partial charge on any atom is 0.240 e. The van der Waals surface area contributed by atoms with Crippen molar-refractivity contribution in [2.24, 2.45) is 99.0 Å². The van der Waals surface area contributed by atoms with Gasteiger partial charge in [-0.05, 0) is 60.7 Å². The average Bonchev–Trinajstić information content (AvgIpc) is 1.77. The summed E-state index contributed by atoms with van der Waals surface area (Å²) >= 11 is 0. The first-order chi connectivity index (χ1) is 43.5. The SMILES string of the molecule is C/C(=N\NC(=O)CC(C)C)C(C)C.CC(C)/C=N/NC(=O)CC(C)C.CC(C)C(=O)CC(=O)C(C)C.CC(C)CC(=O)CCOCC[C-]=O.CC(C)CC(=O)NCCOCC[C-]=O.CC(C)CC(C)C.CC(C)C[C-]=O.C[CH-]C.[CH2-]C(C)C.[CH2-]C(C)C.[CH2-]C(C)C.[CH2-]C(C)C.[Y].[Y].[Y].[Y]. The molecular formula is C79H157N5O11Y4-8. The summed E-state index contributed by atoms with van der Waals surface area (Å²) in [5, 5.41) is 10.5. The zero-order valence-electron chi connectivity index (χ0n) is 70.4. The third-order valence-corrected chi connectivity index (χ3v) is 9.03. The molecule has 0 aromatic heterocycles. The van der Waals surface area contributed by atoms with Gasteiger partial charge in [0.1, 0.15) is 17.3 Å². The van der Waals surface area contributed by atoms with Crippen LogP contribution in [0.5, 0.6) is 0 Å². The quantitative estimate of drug-likeness (QED) is 0.0188. The molecular weight excluding hydrogens is 1550 g/mol. The number of amides is 3. The number of hydrazone groups is 2. The number of hydrogen-bond donors (Lipinski definition) is 3. The van der Waals surface area contributed by atoms with Gasteiger partial charge in [0.15, 0.2) is 0 Å². The molecule has 16 nitrogen and oxygen atoms in total. The molecule has 0 atom stereocenters. The molecule has 0 aliphatic rings. The van der Waals surface area contributed by atoms with Gasteiger partial charge < -0.3 is 63.3 Å². The molecule has 99 heavy (non-hydrogen) atoms. The zero-order valence-corrected chi connectivity index (χ0v) is 81.8. The van der Waals surface area contributed by atoms with Gasteiger partial charge in [0, 0.05) is 206 Å². The normalized spacial score (nSPS) is 10.0. The van der Waals surface area contributed by atoms with Gasteiger partial charge in [-0.25, -0.2) is 10.9 Å². The number of nitrogens with zero attached hydrogens (tertiary/aromatic N) is 2. The number of carbonyl (C=O) groups excluding carboxylic acids is 9. The third kappa shape index (κ3) is 214. The van der Waals surface area contributed by atoms with Crippen LogP contribution in [0.2, 0.25) is 0 Å². The second-order valence-corrected chi connectivity index (χ2v) is 28.9. The Bertz CT molecular complexity index is 1700. The topological polar surface area (TPSA) is 233 Å². The Morgan fingerprint density at radius 2 is 0.747 bits per heavy atom. The molecule has 0 saturated carbocycles. The van der Waals surface area contributed by atoms with Crippen molar-refractivity contribution in [2.75, 3.05) is 33.0 Å². The molecule has 20 heteroatoms. The summed E-state index contributed by atoms with van der Waals surface area (Å²) < 4.78 is 10.1. The Labute approximate surface area is 716 Å². The Balaban J connectivity index is -0.0000000556. The maximum absolute atomic E-state index is 11.2. The van der Waals surface area contributed by atoms with Crippen molar-refractivity contribution in [1.29, 1.82) is 0 Å². The van der Waals surface area contributed by atoms with E-state index in [9.17, 15) is 43.2 Å². The molecule has 3 N–H and O–H groups in total. The first kappa shape index (κ1) is 138. The first-order valence-electron chi connectivity index (χ1n) is 35.2. The van der Waals surface area contributed by atoms with Crippen LogP contribution in [0.15, 0.2) is 10.2 Å². The fourth-order valence-electron chi connectivity index (χ4n) is 4.94. The smallest absolute Gasteiger partial charge is 0.240 e. The van der Waals surface area contributed by atoms with Crippen LogP contribution in [0.3, 0.4) is 0 Å². The largest absolute Gasteiger partial charge is 0.542 e. The molecule has 0 aromatic rings. The summed E-state index contributed by atoms with van der Waals surface area (Å²) in [6.45, 7) is 83.5. The van der Waals surface area contributed by atoms with Crippen molar-refractivity contribution in [3.63, 3.8) is 0 Å². The van der Waals surface area contributed by atoms with Crippen LogP contribution >= 0.6 is 0 Å². The predicted octanol–water partition coefficient (Wildman–Crippen LogP) is 18.9. The number of nitrogens with one attached hydrogen (secondary N) is 3. The Morgan fingerprint density at radius 3 is 0.990 bits per heavy atom. The zero-order chi connectivity index (χ0) is 77.8. The van der Waals surface area contributed by atoms with Crippen LogP contribution in [0.4, 0.5) is 0 Å². The van der Waals surface area contributed by atoms with Crippen molar-refractivity contribution >= 4 is 65.9 Å². The van der Waals surface area contributed by atoms with Crippen LogP contribution in [0.1, 0.15) is 293 Å². The van der Waals surface area contributed by atoms with Crippen LogP contribution < -0.4 is 16.2 Å². The van der Waals surface area contributed by atoms with E-state index in [-0.39, 0.29) is 184 Å². The van der Waals surface area contributed by atoms with Crippen molar-refractivity contribution in [3.05, 3.63) is 34.1 Å². The number of rotatable bonds is 32. The Morgan fingerprint density at radius 1 is 0.434 bits per heavy atom. The summed E-state index contributed by atoms with van der Waals surface area (Å²) in [4.78, 5) is 95.5. The average molecular weight is 1710 g/mol.